The van der Waals surface area contributed by atoms with Crippen molar-refractivity contribution in [3.8, 4) is 0 Å². The van der Waals surface area contributed by atoms with Gasteiger partial charge in [0.15, 0.2) is 5.96 Å². The van der Waals surface area contributed by atoms with E-state index >= 15 is 0 Å². The summed E-state index contributed by atoms with van der Waals surface area (Å²) in [4.78, 5) is 4.72. The molecular weight excluding hydrogens is 354 g/mol. The van der Waals surface area contributed by atoms with Crippen LogP contribution in [0.3, 0.4) is 0 Å². The Morgan fingerprint density at radius 1 is 1.27 bits per heavy atom. The number of nitrogens with one attached hydrogen (secondary N) is 2. The van der Waals surface area contributed by atoms with E-state index in [-0.39, 0.29) is 23.9 Å². The predicted octanol–water partition coefficient (Wildman–Crippen LogP) is 1.44. The van der Waals surface area contributed by atoms with Crippen LogP contribution in [0.15, 0.2) is 4.99 Å². The molecule has 2 N–H and O–H groups in total. The fourth-order valence-corrected chi connectivity index (χ4v) is 3.51. The number of rotatable bonds is 9. The van der Waals surface area contributed by atoms with Crippen LogP contribution in [0.4, 0.5) is 0 Å². The molecule has 8 heteroatoms. The standard InChI is InChI=1S/C18H37N3O4S/c1-6-19-17(20-9-11-24-12-13-26(5,22)23)21-14-15-8-7-10-25-16(15)18(2,3)4/h15-16H,6-14H2,1-5H3,(H2,19,20,21). The van der Waals surface area contributed by atoms with E-state index in [1.807, 2.05) is 6.92 Å². The molecule has 0 aromatic rings. The normalized spacial score (nSPS) is 22.3. The average molecular weight is 392 g/mol. The van der Waals surface area contributed by atoms with Gasteiger partial charge in [0.05, 0.1) is 25.1 Å². The van der Waals surface area contributed by atoms with Crippen LogP contribution < -0.4 is 10.6 Å². The summed E-state index contributed by atoms with van der Waals surface area (Å²) in [6, 6.07) is 0. The molecule has 2 atom stereocenters. The van der Waals surface area contributed by atoms with Gasteiger partial charge in [0.25, 0.3) is 0 Å². The largest absolute Gasteiger partial charge is 0.379 e. The summed E-state index contributed by atoms with van der Waals surface area (Å²) in [5, 5.41) is 6.47. The lowest BCUT2D eigenvalue weighted by Crippen LogP contribution is -2.43. The summed E-state index contributed by atoms with van der Waals surface area (Å²) in [6.45, 7) is 12.3. The van der Waals surface area contributed by atoms with Crippen LogP contribution in [0.2, 0.25) is 0 Å². The molecule has 2 unspecified atom stereocenters. The van der Waals surface area contributed by atoms with E-state index in [4.69, 9.17) is 14.5 Å². The van der Waals surface area contributed by atoms with Gasteiger partial charge in [0, 0.05) is 38.4 Å². The molecule has 1 saturated heterocycles. The van der Waals surface area contributed by atoms with Crippen molar-refractivity contribution in [3.05, 3.63) is 0 Å². The molecule has 154 valence electrons. The third-order valence-corrected chi connectivity index (χ3v) is 5.17. The molecular formula is C18H37N3O4S. The van der Waals surface area contributed by atoms with Crippen LogP contribution in [0.5, 0.6) is 0 Å². The Labute approximate surface area is 159 Å². The second-order valence-corrected chi connectivity index (χ2v) is 10.2. The lowest BCUT2D eigenvalue weighted by Gasteiger charge is -2.39. The molecule has 7 nitrogen and oxygen atoms in total. The van der Waals surface area contributed by atoms with Gasteiger partial charge in [-0.15, -0.1) is 0 Å². The molecule has 1 rings (SSSR count). The number of nitrogens with zero attached hydrogens (tertiary/aromatic N) is 1. The Hall–Kier alpha value is -0.860. The van der Waals surface area contributed by atoms with Crippen molar-refractivity contribution in [1.29, 1.82) is 0 Å². The van der Waals surface area contributed by atoms with Crippen LogP contribution >= 0.6 is 0 Å². The fourth-order valence-electron chi connectivity index (χ4n) is 3.09. The summed E-state index contributed by atoms with van der Waals surface area (Å²) in [7, 11) is -2.97. The van der Waals surface area contributed by atoms with E-state index in [9.17, 15) is 8.42 Å². The average Bonchev–Trinajstić information content (AvgIpc) is 2.54. The van der Waals surface area contributed by atoms with E-state index in [1.54, 1.807) is 0 Å². The Morgan fingerprint density at radius 2 is 2.00 bits per heavy atom. The van der Waals surface area contributed by atoms with E-state index in [0.717, 1.165) is 38.5 Å². The first-order chi connectivity index (χ1) is 12.1. The molecule has 0 bridgehead atoms. The summed E-state index contributed by atoms with van der Waals surface area (Å²) in [6.07, 6.45) is 3.66. The minimum Gasteiger partial charge on any atom is -0.379 e. The van der Waals surface area contributed by atoms with Crippen LogP contribution in [-0.4, -0.2) is 71.9 Å². The molecule has 0 amide bonds. The SMILES string of the molecule is CCNC(=NCC1CCCOC1C(C)(C)C)NCCOCCS(C)(=O)=O. The Kier molecular flexibility index (Phi) is 9.89. The molecule has 0 aromatic heterocycles. The van der Waals surface area contributed by atoms with E-state index in [2.05, 4.69) is 31.4 Å². The Balaban J connectivity index is 2.44. The van der Waals surface area contributed by atoms with Gasteiger partial charge in [-0.2, -0.15) is 0 Å². The van der Waals surface area contributed by atoms with Crippen LogP contribution in [-0.2, 0) is 19.3 Å². The van der Waals surface area contributed by atoms with Crippen molar-refractivity contribution in [3.63, 3.8) is 0 Å². The zero-order chi connectivity index (χ0) is 19.6. The summed E-state index contributed by atoms with van der Waals surface area (Å²) in [5.41, 5.74) is 0.111. The van der Waals surface area contributed by atoms with Crippen molar-refractivity contribution >= 4 is 15.8 Å². The number of hydrogen-bond donors (Lipinski definition) is 2. The first kappa shape index (κ1) is 23.2. The number of sulfone groups is 1. The zero-order valence-corrected chi connectivity index (χ0v) is 17.8. The highest BCUT2D eigenvalue weighted by molar-refractivity contribution is 7.90. The highest BCUT2D eigenvalue weighted by Crippen LogP contribution is 2.34. The van der Waals surface area contributed by atoms with Gasteiger partial charge in [-0.3, -0.25) is 4.99 Å². The second kappa shape index (κ2) is 11.1. The molecule has 1 fully saturated rings. The molecule has 1 heterocycles. The van der Waals surface area contributed by atoms with Crippen molar-refractivity contribution in [1.82, 2.24) is 10.6 Å². The molecule has 0 aromatic carbocycles. The number of ether oxygens (including phenoxy) is 2. The molecule has 0 radical (unpaired) electrons. The maximum atomic E-state index is 11.1. The molecule has 1 aliphatic rings. The maximum absolute atomic E-state index is 11.1. The lowest BCUT2D eigenvalue weighted by atomic mass is 9.78. The molecule has 0 spiro atoms. The van der Waals surface area contributed by atoms with E-state index in [1.165, 1.54) is 6.26 Å². The van der Waals surface area contributed by atoms with Gasteiger partial charge >= 0.3 is 0 Å². The zero-order valence-electron chi connectivity index (χ0n) is 17.0. The van der Waals surface area contributed by atoms with Gasteiger partial charge in [-0.05, 0) is 25.2 Å². The summed E-state index contributed by atoms with van der Waals surface area (Å²) >= 11 is 0. The van der Waals surface area contributed by atoms with Crippen LogP contribution in [0.1, 0.15) is 40.5 Å². The topological polar surface area (TPSA) is 89.0 Å². The Morgan fingerprint density at radius 3 is 2.62 bits per heavy atom. The minimum absolute atomic E-state index is 0.0526. The minimum atomic E-state index is -2.97. The van der Waals surface area contributed by atoms with Crippen molar-refractivity contribution < 1.29 is 17.9 Å². The second-order valence-electron chi connectivity index (χ2n) is 7.95. The van der Waals surface area contributed by atoms with Crippen molar-refractivity contribution in [2.24, 2.45) is 16.3 Å². The smallest absolute Gasteiger partial charge is 0.191 e. The first-order valence-corrected chi connectivity index (χ1v) is 11.6. The van der Waals surface area contributed by atoms with Crippen molar-refractivity contribution in [2.45, 2.75) is 46.6 Å². The fraction of sp³-hybridized carbons (Fsp3) is 0.944. The van der Waals surface area contributed by atoms with Gasteiger partial charge in [0.2, 0.25) is 0 Å². The summed E-state index contributed by atoms with van der Waals surface area (Å²) in [5.74, 6) is 1.24. The number of hydrogen-bond acceptors (Lipinski definition) is 5. The van der Waals surface area contributed by atoms with Crippen LogP contribution in [0.25, 0.3) is 0 Å². The molecule has 0 aliphatic carbocycles. The first-order valence-electron chi connectivity index (χ1n) is 9.52. The van der Waals surface area contributed by atoms with Gasteiger partial charge < -0.3 is 20.1 Å². The molecule has 1 aliphatic heterocycles. The maximum Gasteiger partial charge on any atom is 0.191 e. The van der Waals surface area contributed by atoms with Gasteiger partial charge in [-0.25, -0.2) is 8.42 Å². The number of guanidine groups is 1. The lowest BCUT2D eigenvalue weighted by molar-refractivity contribution is -0.0823. The number of aliphatic imine (C=N–C) groups is 1. The molecule has 26 heavy (non-hydrogen) atoms. The predicted molar refractivity (Wildman–Crippen MR) is 106 cm³/mol. The third kappa shape index (κ3) is 9.73. The van der Waals surface area contributed by atoms with Gasteiger partial charge in [0.1, 0.15) is 9.84 Å². The van der Waals surface area contributed by atoms with Gasteiger partial charge in [-0.1, -0.05) is 20.8 Å². The van der Waals surface area contributed by atoms with E-state index < -0.39 is 9.84 Å². The third-order valence-electron chi connectivity index (χ3n) is 4.26. The highest BCUT2D eigenvalue weighted by Gasteiger charge is 2.35. The monoisotopic (exact) mass is 391 g/mol. The quantitative estimate of drug-likeness (QED) is 0.351. The Bertz CT molecular complexity index is 529. The highest BCUT2D eigenvalue weighted by atomic mass is 32.2. The van der Waals surface area contributed by atoms with Crippen LogP contribution in [0, 0.1) is 11.3 Å². The van der Waals surface area contributed by atoms with Crippen molar-refractivity contribution in [2.75, 3.05) is 51.5 Å². The van der Waals surface area contributed by atoms with E-state index in [0.29, 0.717) is 19.1 Å². The summed E-state index contributed by atoms with van der Waals surface area (Å²) < 4.78 is 33.5. The molecule has 0 saturated carbocycles.